The third-order valence-corrected chi connectivity index (χ3v) is 8.73. The smallest absolute Gasteiger partial charge is 0.407 e. The third kappa shape index (κ3) is 4.53. The van der Waals surface area contributed by atoms with Gasteiger partial charge < -0.3 is 19.5 Å². The van der Waals surface area contributed by atoms with E-state index in [0.717, 1.165) is 41.7 Å². The molecule has 3 atom stereocenters. The number of nitrogens with zero attached hydrogens (tertiary/aromatic N) is 5. The molecule has 1 saturated heterocycles. The van der Waals surface area contributed by atoms with Crippen LogP contribution in [0.4, 0.5) is 9.18 Å². The number of carbonyl (C=O) groups excluding carboxylic acids is 2. The second-order valence-electron chi connectivity index (χ2n) is 12.9. The molecular formula is C31H35FN6O3. The first kappa shape index (κ1) is 26.0. The van der Waals surface area contributed by atoms with Crippen LogP contribution in [0.15, 0.2) is 36.7 Å². The van der Waals surface area contributed by atoms with Gasteiger partial charge in [0.05, 0.1) is 23.3 Å². The van der Waals surface area contributed by atoms with Crippen LogP contribution in [0.25, 0.3) is 27.9 Å². The van der Waals surface area contributed by atoms with Gasteiger partial charge in [0, 0.05) is 36.4 Å². The molecule has 1 aliphatic heterocycles. The number of hydrogen-bond donors (Lipinski definition) is 1. The van der Waals surface area contributed by atoms with E-state index < -0.39 is 17.5 Å². The Bertz CT molecular complexity index is 1700. The highest BCUT2D eigenvalue weighted by molar-refractivity contribution is 5.95. The Morgan fingerprint density at radius 2 is 1.98 bits per heavy atom. The fourth-order valence-corrected chi connectivity index (χ4v) is 6.72. The first-order valence-electron chi connectivity index (χ1n) is 14.5. The van der Waals surface area contributed by atoms with Gasteiger partial charge in [0.1, 0.15) is 28.3 Å². The minimum Gasteiger partial charge on any atom is -0.444 e. The Kier molecular flexibility index (Phi) is 5.89. The second kappa shape index (κ2) is 9.29. The lowest BCUT2D eigenvalue weighted by Gasteiger charge is -2.28. The maximum Gasteiger partial charge on any atom is 0.407 e. The average Bonchev–Trinajstić information content (AvgIpc) is 3.25. The summed E-state index contributed by atoms with van der Waals surface area (Å²) >= 11 is 0. The Labute approximate surface area is 237 Å². The van der Waals surface area contributed by atoms with Crippen LogP contribution in [0, 0.1) is 24.6 Å². The van der Waals surface area contributed by atoms with Crippen molar-refractivity contribution in [2.24, 2.45) is 11.8 Å². The molecule has 4 aromatic heterocycles. The number of alkyl carbamates (subject to hydrolysis) is 1. The summed E-state index contributed by atoms with van der Waals surface area (Å²) in [5.41, 5.74) is 3.23. The molecular weight excluding hydrogens is 523 g/mol. The van der Waals surface area contributed by atoms with Crippen LogP contribution in [-0.2, 0) is 11.3 Å². The van der Waals surface area contributed by atoms with Crippen LogP contribution in [0.2, 0.25) is 0 Å². The van der Waals surface area contributed by atoms with Crippen molar-refractivity contribution in [3.05, 3.63) is 53.6 Å². The number of fused-ring (bicyclic) bond motifs is 4. The highest BCUT2D eigenvalue weighted by Gasteiger charge is 2.50. The van der Waals surface area contributed by atoms with Gasteiger partial charge in [0.15, 0.2) is 0 Å². The van der Waals surface area contributed by atoms with Crippen LogP contribution in [0.3, 0.4) is 0 Å². The number of carbonyl (C=O) groups is 2. The zero-order valence-electron chi connectivity index (χ0n) is 23.9. The van der Waals surface area contributed by atoms with Crippen molar-refractivity contribution >= 4 is 28.6 Å². The Morgan fingerprint density at radius 3 is 2.73 bits per heavy atom. The number of rotatable bonds is 5. The molecule has 214 valence electrons. The molecule has 41 heavy (non-hydrogen) atoms. The zero-order chi connectivity index (χ0) is 28.6. The second-order valence-corrected chi connectivity index (χ2v) is 12.9. The van der Waals surface area contributed by atoms with Crippen molar-refractivity contribution in [3.63, 3.8) is 0 Å². The van der Waals surface area contributed by atoms with Crippen LogP contribution in [-0.4, -0.2) is 60.3 Å². The van der Waals surface area contributed by atoms with Gasteiger partial charge >= 0.3 is 6.09 Å². The Hall–Kier alpha value is -3.95. The molecule has 2 unspecified atom stereocenters. The van der Waals surface area contributed by atoms with Gasteiger partial charge in [0.2, 0.25) is 0 Å². The van der Waals surface area contributed by atoms with Crippen LogP contribution in [0.5, 0.6) is 0 Å². The number of piperidine rings is 1. The first-order chi connectivity index (χ1) is 19.6. The molecule has 0 aromatic carbocycles. The number of nitrogens with one attached hydrogen (secondary N) is 1. The summed E-state index contributed by atoms with van der Waals surface area (Å²) in [6.07, 6.45) is 7.05. The van der Waals surface area contributed by atoms with Gasteiger partial charge in [-0.05, 0) is 89.5 Å². The van der Waals surface area contributed by atoms with Crippen LogP contribution < -0.4 is 5.32 Å². The van der Waals surface area contributed by atoms with E-state index in [1.165, 1.54) is 23.4 Å². The lowest BCUT2D eigenvalue weighted by molar-refractivity contribution is 0.0485. The lowest BCUT2D eigenvalue weighted by Crippen LogP contribution is -2.46. The fourth-order valence-electron chi connectivity index (χ4n) is 6.72. The van der Waals surface area contributed by atoms with E-state index in [-0.39, 0.29) is 29.5 Å². The molecule has 0 spiro atoms. The maximum absolute atomic E-state index is 15.7. The topological polar surface area (TPSA) is 93.8 Å². The van der Waals surface area contributed by atoms with E-state index in [4.69, 9.17) is 9.84 Å². The summed E-state index contributed by atoms with van der Waals surface area (Å²) in [6, 6.07) is 7.01. The summed E-state index contributed by atoms with van der Waals surface area (Å²) in [6.45, 7) is 8.71. The zero-order valence-corrected chi connectivity index (χ0v) is 23.9. The number of amides is 2. The van der Waals surface area contributed by atoms with Crippen molar-refractivity contribution in [2.75, 3.05) is 6.54 Å². The summed E-state index contributed by atoms with van der Waals surface area (Å²) in [4.78, 5) is 32.6. The molecule has 2 aliphatic carbocycles. The van der Waals surface area contributed by atoms with Gasteiger partial charge in [0.25, 0.3) is 5.91 Å². The molecule has 5 heterocycles. The fraction of sp³-hybridized carbons (Fsp3) is 0.484. The number of aromatic nitrogens is 4. The van der Waals surface area contributed by atoms with Crippen molar-refractivity contribution in [1.29, 1.82) is 0 Å². The third-order valence-electron chi connectivity index (χ3n) is 8.73. The highest BCUT2D eigenvalue weighted by atomic mass is 19.1. The van der Waals surface area contributed by atoms with Crippen molar-refractivity contribution in [1.82, 2.24) is 29.4 Å². The standard InChI is InChI=1S/C31H35FN6O3/c1-17-25(24-13-19-6-5-11-33-28(19)36(24)14-18-7-8-18)35-38-16-21(12-22(32)27(17)38)29(39)37-15-20-9-10-23(37)26(20)34-30(40)41-31(2,3)4/h5-6,11-13,16,18,20,23,26H,7-10,14-15H2,1-4H3,(H,34,40)/t20?,23?,26-/m1/s1. The molecule has 4 aromatic rings. The SMILES string of the molecule is Cc1c(-c2cc3cccnc3n2CC2CC2)nn2cc(C(=O)N3CC4CCC3[C@@H]4NC(=O)OC(C)(C)C)cc(F)c12. The number of hydrogen-bond acceptors (Lipinski definition) is 5. The normalized spacial score (nSPS) is 22.2. The van der Waals surface area contributed by atoms with Crippen molar-refractivity contribution < 1.29 is 18.7 Å². The van der Waals surface area contributed by atoms with Gasteiger partial charge in [-0.2, -0.15) is 5.10 Å². The molecule has 7 rings (SSSR count). The van der Waals surface area contributed by atoms with E-state index in [0.29, 0.717) is 23.7 Å². The van der Waals surface area contributed by atoms with Gasteiger partial charge in [-0.15, -0.1) is 0 Å². The first-order valence-corrected chi connectivity index (χ1v) is 14.5. The summed E-state index contributed by atoms with van der Waals surface area (Å²) in [5, 5.41) is 8.82. The maximum atomic E-state index is 15.7. The summed E-state index contributed by atoms with van der Waals surface area (Å²) in [7, 11) is 0. The predicted octanol–water partition coefficient (Wildman–Crippen LogP) is 5.34. The number of halogens is 1. The average molecular weight is 559 g/mol. The summed E-state index contributed by atoms with van der Waals surface area (Å²) < 4.78 is 24.8. The van der Waals surface area contributed by atoms with E-state index in [2.05, 4.69) is 20.9 Å². The Morgan fingerprint density at radius 1 is 1.17 bits per heavy atom. The molecule has 3 aliphatic rings. The molecule has 2 bridgehead atoms. The molecule has 10 heteroatoms. The van der Waals surface area contributed by atoms with Gasteiger partial charge in [-0.1, -0.05) is 0 Å². The number of aryl methyl sites for hydroxylation is 1. The highest BCUT2D eigenvalue weighted by Crippen LogP contribution is 2.40. The van der Waals surface area contributed by atoms with E-state index in [9.17, 15) is 9.59 Å². The van der Waals surface area contributed by atoms with Crippen LogP contribution >= 0.6 is 0 Å². The van der Waals surface area contributed by atoms with Crippen molar-refractivity contribution in [3.8, 4) is 11.4 Å². The summed E-state index contributed by atoms with van der Waals surface area (Å²) in [5.74, 6) is 0.0262. The molecule has 1 N–H and O–H groups in total. The van der Waals surface area contributed by atoms with Gasteiger partial charge in [-0.3, -0.25) is 4.79 Å². The monoisotopic (exact) mass is 558 g/mol. The largest absolute Gasteiger partial charge is 0.444 e. The van der Waals surface area contributed by atoms with Gasteiger partial charge in [-0.25, -0.2) is 18.7 Å². The van der Waals surface area contributed by atoms with E-state index in [1.54, 1.807) is 17.3 Å². The Balaban J connectivity index is 1.20. The molecule has 2 amide bonds. The quantitative estimate of drug-likeness (QED) is 0.357. The molecule has 3 fully saturated rings. The van der Waals surface area contributed by atoms with E-state index >= 15 is 4.39 Å². The van der Waals surface area contributed by atoms with Crippen LogP contribution in [0.1, 0.15) is 62.4 Å². The minimum absolute atomic E-state index is 0.144. The minimum atomic E-state index is -0.603. The number of pyridine rings is 2. The molecule has 0 radical (unpaired) electrons. The molecule has 9 nitrogen and oxygen atoms in total. The number of likely N-dealkylation sites (tertiary alicyclic amines) is 1. The molecule has 2 saturated carbocycles. The van der Waals surface area contributed by atoms with E-state index in [1.807, 2.05) is 39.8 Å². The predicted molar refractivity (Wildman–Crippen MR) is 152 cm³/mol. The number of ether oxygens (including phenoxy) is 1. The lowest BCUT2D eigenvalue weighted by atomic mass is 10.1. The van der Waals surface area contributed by atoms with Crippen molar-refractivity contribution in [2.45, 2.75) is 77.6 Å².